The molecule has 35 heavy (non-hydrogen) atoms. The summed E-state index contributed by atoms with van der Waals surface area (Å²) in [7, 11) is 0. The molecular weight excluding hydrogens is 462 g/mol. The molecule has 2 aromatic heterocycles. The quantitative estimate of drug-likeness (QED) is 0.398. The molecular formula is C26H23N5O3S. The zero-order valence-electron chi connectivity index (χ0n) is 19.2. The van der Waals surface area contributed by atoms with E-state index in [1.165, 1.54) is 11.3 Å². The van der Waals surface area contributed by atoms with E-state index in [0.29, 0.717) is 16.4 Å². The Hall–Kier alpha value is -4.24. The second-order valence-corrected chi connectivity index (χ2v) is 9.45. The molecule has 2 aromatic carbocycles. The van der Waals surface area contributed by atoms with E-state index in [1.807, 2.05) is 73.0 Å². The van der Waals surface area contributed by atoms with Crippen LogP contribution in [0.4, 0.5) is 10.6 Å². The fourth-order valence-corrected chi connectivity index (χ4v) is 4.83. The smallest absolute Gasteiger partial charge is 0.319 e. The number of para-hydroxylation sites is 1. The van der Waals surface area contributed by atoms with Crippen molar-refractivity contribution < 1.29 is 14.4 Å². The Morgan fingerprint density at radius 1 is 1.06 bits per heavy atom. The van der Waals surface area contributed by atoms with Gasteiger partial charge >= 0.3 is 6.03 Å². The maximum Gasteiger partial charge on any atom is 0.325 e. The summed E-state index contributed by atoms with van der Waals surface area (Å²) in [6.45, 7) is 3.25. The number of amides is 4. The number of nitrogens with one attached hydrogen (secondary N) is 2. The average Bonchev–Trinajstić information content (AvgIpc) is 3.58. The number of aryl methyl sites for hydroxylation is 1. The summed E-state index contributed by atoms with van der Waals surface area (Å²) in [5.74, 6) is -0.529. The predicted octanol–water partition coefficient (Wildman–Crippen LogP) is 4.31. The highest BCUT2D eigenvalue weighted by Crippen LogP contribution is 2.32. The van der Waals surface area contributed by atoms with Gasteiger partial charge in [-0.25, -0.2) is 9.48 Å². The van der Waals surface area contributed by atoms with Crippen molar-refractivity contribution in [1.29, 1.82) is 0 Å². The number of urea groups is 1. The lowest BCUT2D eigenvalue weighted by Gasteiger charge is -2.20. The van der Waals surface area contributed by atoms with Crippen LogP contribution >= 0.6 is 11.3 Å². The van der Waals surface area contributed by atoms with Gasteiger partial charge in [0.15, 0.2) is 5.54 Å². The van der Waals surface area contributed by atoms with Gasteiger partial charge < -0.3 is 10.6 Å². The first-order valence-electron chi connectivity index (χ1n) is 11.1. The molecule has 1 fully saturated rings. The van der Waals surface area contributed by atoms with Crippen LogP contribution in [0.2, 0.25) is 0 Å². The molecule has 1 saturated heterocycles. The molecule has 1 aliphatic heterocycles. The highest BCUT2D eigenvalue weighted by Gasteiger charge is 2.50. The molecule has 0 aliphatic carbocycles. The lowest BCUT2D eigenvalue weighted by Crippen LogP contribution is -2.41. The van der Waals surface area contributed by atoms with Gasteiger partial charge in [-0.2, -0.15) is 5.10 Å². The van der Waals surface area contributed by atoms with Crippen LogP contribution in [0.5, 0.6) is 0 Å². The van der Waals surface area contributed by atoms with Crippen molar-refractivity contribution in [3.05, 3.63) is 88.6 Å². The standard InChI is InChI=1S/C26H23N5O3S/c1-17-10-12-18(13-11-17)20-15-22(31(29-20)19-7-4-3-5-8-19)27-23(32)16-30-24(33)26(2,28-25(30)34)21-9-6-14-35-21/h3-15H,16H2,1-2H3,(H,27,32)(H,28,34). The average molecular weight is 486 g/mol. The van der Waals surface area contributed by atoms with Gasteiger partial charge in [-0.3, -0.25) is 14.5 Å². The highest BCUT2D eigenvalue weighted by molar-refractivity contribution is 7.10. The van der Waals surface area contributed by atoms with Crippen LogP contribution in [-0.2, 0) is 15.1 Å². The van der Waals surface area contributed by atoms with Gasteiger partial charge in [0.05, 0.1) is 11.4 Å². The second kappa shape index (κ2) is 8.84. The van der Waals surface area contributed by atoms with Crippen molar-refractivity contribution in [2.24, 2.45) is 0 Å². The number of hydrogen-bond donors (Lipinski definition) is 2. The Morgan fingerprint density at radius 2 is 1.80 bits per heavy atom. The van der Waals surface area contributed by atoms with Crippen LogP contribution in [0.15, 0.2) is 78.2 Å². The van der Waals surface area contributed by atoms with E-state index in [1.54, 1.807) is 23.7 Å². The van der Waals surface area contributed by atoms with Gasteiger partial charge in [0.2, 0.25) is 5.91 Å². The molecule has 0 saturated carbocycles. The molecule has 3 heterocycles. The number of carbonyl (C=O) groups is 3. The summed E-state index contributed by atoms with van der Waals surface area (Å²) in [6.07, 6.45) is 0. The number of hydrogen-bond acceptors (Lipinski definition) is 5. The van der Waals surface area contributed by atoms with Gasteiger partial charge in [-0.05, 0) is 37.4 Å². The van der Waals surface area contributed by atoms with Crippen LogP contribution < -0.4 is 10.6 Å². The van der Waals surface area contributed by atoms with Crippen molar-refractivity contribution in [3.63, 3.8) is 0 Å². The van der Waals surface area contributed by atoms with Crippen molar-refractivity contribution in [1.82, 2.24) is 20.0 Å². The molecule has 4 aromatic rings. The highest BCUT2D eigenvalue weighted by atomic mass is 32.1. The minimum absolute atomic E-state index is 0.411. The first-order valence-corrected chi connectivity index (χ1v) is 11.9. The normalized spacial score (nSPS) is 17.5. The zero-order chi connectivity index (χ0) is 24.6. The minimum Gasteiger partial charge on any atom is -0.319 e. The number of benzene rings is 2. The van der Waals surface area contributed by atoms with Crippen molar-refractivity contribution >= 4 is 35.0 Å². The summed E-state index contributed by atoms with van der Waals surface area (Å²) >= 11 is 1.38. The number of rotatable bonds is 6. The molecule has 5 rings (SSSR count). The molecule has 4 amide bonds. The van der Waals surface area contributed by atoms with Gasteiger partial charge in [0.25, 0.3) is 5.91 Å². The van der Waals surface area contributed by atoms with E-state index < -0.39 is 29.9 Å². The Labute approximate surface area is 206 Å². The van der Waals surface area contributed by atoms with Gasteiger partial charge in [-0.1, -0.05) is 54.1 Å². The topological polar surface area (TPSA) is 96.3 Å². The number of aromatic nitrogens is 2. The Balaban J connectivity index is 1.40. The van der Waals surface area contributed by atoms with Crippen LogP contribution in [0.1, 0.15) is 17.4 Å². The number of nitrogens with zero attached hydrogens (tertiary/aromatic N) is 3. The van der Waals surface area contributed by atoms with Crippen molar-refractivity contribution in [2.45, 2.75) is 19.4 Å². The summed E-state index contributed by atoms with van der Waals surface area (Å²) in [6, 6.07) is 22.1. The van der Waals surface area contributed by atoms with E-state index >= 15 is 0 Å². The molecule has 2 N–H and O–H groups in total. The third-order valence-corrected chi connectivity index (χ3v) is 7.01. The van der Waals surface area contributed by atoms with E-state index in [4.69, 9.17) is 5.10 Å². The maximum absolute atomic E-state index is 13.1. The first kappa shape index (κ1) is 22.5. The molecule has 0 radical (unpaired) electrons. The first-order chi connectivity index (χ1) is 16.8. The third-order valence-electron chi connectivity index (χ3n) is 5.92. The molecule has 8 nitrogen and oxygen atoms in total. The molecule has 0 bridgehead atoms. The minimum atomic E-state index is -1.18. The SMILES string of the molecule is Cc1ccc(-c2cc(NC(=O)CN3C(=O)NC(C)(c4cccs4)C3=O)n(-c3ccccc3)n2)cc1. The van der Waals surface area contributed by atoms with E-state index in [-0.39, 0.29) is 0 Å². The zero-order valence-corrected chi connectivity index (χ0v) is 20.0. The molecule has 1 aliphatic rings. The lowest BCUT2D eigenvalue weighted by molar-refractivity contribution is -0.133. The van der Waals surface area contributed by atoms with Crippen LogP contribution in [0, 0.1) is 6.92 Å². The van der Waals surface area contributed by atoms with E-state index in [2.05, 4.69) is 10.6 Å². The fourth-order valence-electron chi connectivity index (χ4n) is 4.00. The van der Waals surface area contributed by atoms with Gasteiger partial charge in [-0.15, -0.1) is 11.3 Å². The monoisotopic (exact) mass is 485 g/mol. The molecule has 1 atom stereocenters. The summed E-state index contributed by atoms with van der Waals surface area (Å²) < 4.78 is 1.63. The third kappa shape index (κ3) is 4.22. The second-order valence-electron chi connectivity index (χ2n) is 8.50. The Bertz CT molecular complexity index is 1400. The summed E-state index contributed by atoms with van der Waals surface area (Å²) in [5, 5.41) is 12.1. The summed E-state index contributed by atoms with van der Waals surface area (Å²) in [5.41, 5.74) is 2.30. The molecule has 1 unspecified atom stereocenters. The number of imide groups is 1. The van der Waals surface area contributed by atoms with Crippen molar-refractivity contribution in [3.8, 4) is 16.9 Å². The number of carbonyl (C=O) groups excluding carboxylic acids is 3. The van der Waals surface area contributed by atoms with E-state index in [0.717, 1.165) is 21.7 Å². The Morgan fingerprint density at radius 3 is 2.49 bits per heavy atom. The van der Waals surface area contributed by atoms with Crippen LogP contribution in [-0.4, -0.2) is 39.1 Å². The predicted molar refractivity (Wildman–Crippen MR) is 134 cm³/mol. The largest absolute Gasteiger partial charge is 0.325 e. The molecule has 176 valence electrons. The van der Waals surface area contributed by atoms with Gasteiger partial charge in [0, 0.05) is 16.5 Å². The Kier molecular flexibility index (Phi) is 5.70. The van der Waals surface area contributed by atoms with Crippen LogP contribution in [0.25, 0.3) is 16.9 Å². The maximum atomic E-state index is 13.1. The van der Waals surface area contributed by atoms with Crippen LogP contribution in [0.3, 0.4) is 0 Å². The number of anilines is 1. The molecule has 0 spiro atoms. The van der Waals surface area contributed by atoms with Crippen molar-refractivity contribution in [2.75, 3.05) is 11.9 Å². The van der Waals surface area contributed by atoms with Gasteiger partial charge in [0.1, 0.15) is 12.4 Å². The number of thiophene rings is 1. The summed E-state index contributed by atoms with van der Waals surface area (Å²) in [4.78, 5) is 40.3. The fraction of sp³-hybridized carbons (Fsp3) is 0.154. The lowest BCUT2D eigenvalue weighted by atomic mass is 10.0. The molecule has 9 heteroatoms. The van der Waals surface area contributed by atoms with E-state index in [9.17, 15) is 14.4 Å².